The normalized spacial score (nSPS) is 19.5. The lowest BCUT2D eigenvalue weighted by atomic mass is 9.87. The molecule has 1 aromatic rings. The predicted octanol–water partition coefficient (Wildman–Crippen LogP) is 2.36. The second kappa shape index (κ2) is 4.78. The van der Waals surface area contributed by atoms with E-state index in [-0.39, 0.29) is 22.7 Å². The smallest absolute Gasteiger partial charge is 0.153 e. The number of hydrogen-bond donors (Lipinski definition) is 0. The highest BCUT2D eigenvalue weighted by Gasteiger charge is 2.24. The van der Waals surface area contributed by atoms with Crippen LogP contribution in [0.3, 0.4) is 0 Å². The Kier molecular flexibility index (Phi) is 3.60. The lowest BCUT2D eigenvalue weighted by Crippen LogP contribution is -2.40. The van der Waals surface area contributed by atoms with Gasteiger partial charge in [0.15, 0.2) is 9.84 Å². The highest BCUT2D eigenvalue weighted by molar-refractivity contribution is 7.91. The lowest BCUT2D eigenvalue weighted by Gasteiger charge is -2.30. The van der Waals surface area contributed by atoms with Crippen molar-refractivity contribution in [3.05, 3.63) is 29.6 Å². The molecular formula is C14H20FNO2S. The molecule has 1 heterocycles. The molecule has 2 rings (SSSR count). The van der Waals surface area contributed by atoms with Crippen molar-refractivity contribution in [3.8, 4) is 0 Å². The summed E-state index contributed by atoms with van der Waals surface area (Å²) in [5.41, 5.74) is 1.35. The molecule has 1 saturated heterocycles. The Morgan fingerprint density at radius 1 is 1.16 bits per heavy atom. The van der Waals surface area contributed by atoms with E-state index in [9.17, 15) is 12.8 Å². The summed E-state index contributed by atoms with van der Waals surface area (Å²) in [4.78, 5) is 1.81. The van der Waals surface area contributed by atoms with Crippen LogP contribution in [-0.4, -0.2) is 33.0 Å². The Hall–Kier alpha value is -1.10. The minimum absolute atomic E-state index is 0.0927. The Bertz CT molecular complexity index is 562. The third-order valence-electron chi connectivity index (χ3n) is 3.50. The summed E-state index contributed by atoms with van der Waals surface area (Å²) in [7, 11) is -2.93. The molecule has 1 fully saturated rings. The maximum atomic E-state index is 14.2. The summed E-state index contributed by atoms with van der Waals surface area (Å²) in [6.45, 7) is 6.85. The summed E-state index contributed by atoms with van der Waals surface area (Å²) in [6.07, 6.45) is 0. The molecule has 0 aliphatic carbocycles. The van der Waals surface area contributed by atoms with Gasteiger partial charge < -0.3 is 4.90 Å². The van der Waals surface area contributed by atoms with E-state index < -0.39 is 9.84 Å². The Morgan fingerprint density at radius 2 is 1.74 bits per heavy atom. The number of halogens is 1. The molecule has 1 aromatic carbocycles. The molecule has 0 radical (unpaired) electrons. The van der Waals surface area contributed by atoms with E-state index in [1.807, 2.05) is 31.7 Å². The van der Waals surface area contributed by atoms with Crippen molar-refractivity contribution in [1.82, 2.24) is 0 Å². The van der Waals surface area contributed by atoms with E-state index >= 15 is 0 Å². The Balaban J connectivity index is 2.23. The fourth-order valence-electron chi connectivity index (χ4n) is 2.18. The number of sulfone groups is 1. The Morgan fingerprint density at radius 3 is 2.21 bits per heavy atom. The molecule has 0 bridgehead atoms. The second-order valence-electron chi connectivity index (χ2n) is 6.06. The van der Waals surface area contributed by atoms with E-state index in [4.69, 9.17) is 0 Å². The molecule has 3 nitrogen and oxygen atoms in total. The van der Waals surface area contributed by atoms with Crippen molar-refractivity contribution in [1.29, 1.82) is 0 Å². The molecule has 0 amide bonds. The van der Waals surface area contributed by atoms with E-state index in [1.165, 1.54) is 0 Å². The van der Waals surface area contributed by atoms with Gasteiger partial charge in [-0.1, -0.05) is 26.8 Å². The van der Waals surface area contributed by atoms with Crippen LogP contribution >= 0.6 is 0 Å². The van der Waals surface area contributed by atoms with Gasteiger partial charge in [-0.25, -0.2) is 12.8 Å². The first kappa shape index (κ1) is 14.3. The van der Waals surface area contributed by atoms with Crippen molar-refractivity contribution in [3.63, 3.8) is 0 Å². The molecule has 0 N–H and O–H groups in total. The van der Waals surface area contributed by atoms with Gasteiger partial charge in [-0.3, -0.25) is 0 Å². The highest BCUT2D eigenvalue weighted by Crippen LogP contribution is 2.28. The van der Waals surface area contributed by atoms with Gasteiger partial charge in [-0.05, 0) is 23.1 Å². The van der Waals surface area contributed by atoms with Crippen molar-refractivity contribution < 1.29 is 12.8 Å². The molecule has 0 spiro atoms. The number of rotatable bonds is 1. The average molecular weight is 285 g/mol. The fraction of sp³-hybridized carbons (Fsp3) is 0.571. The van der Waals surface area contributed by atoms with Crippen LogP contribution in [0.25, 0.3) is 0 Å². The number of hydrogen-bond acceptors (Lipinski definition) is 3. The quantitative estimate of drug-likeness (QED) is 0.795. The maximum Gasteiger partial charge on any atom is 0.153 e. The van der Waals surface area contributed by atoms with E-state index in [1.54, 1.807) is 12.1 Å². The van der Waals surface area contributed by atoms with Crippen molar-refractivity contribution >= 4 is 15.5 Å². The molecular weight excluding hydrogens is 265 g/mol. The van der Waals surface area contributed by atoms with Crippen LogP contribution in [0.15, 0.2) is 18.2 Å². The topological polar surface area (TPSA) is 37.4 Å². The molecule has 0 aromatic heterocycles. The maximum absolute atomic E-state index is 14.2. The fourth-order valence-corrected chi connectivity index (χ4v) is 3.38. The van der Waals surface area contributed by atoms with Gasteiger partial charge in [0, 0.05) is 13.1 Å². The predicted molar refractivity (Wildman–Crippen MR) is 76.0 cm³/mol. The first-order valence-electron chi connectivity index (χ1n) is 6.44. The molecule has 0 atom stereocenters. The highest BCUT2D eigenvalue weighted by atomic mass is 32.2. The monoisotopic (exact) mass is 285 g/mol. The molecule has 19 heavy (non-hydrogen) atoms. The van der Waals surface area contributed by atoms with Crippen LogP contribution in [0.4, 0.5) is 10.1 Å². The summed E-state index contributed by atoms with van der Waals surface area (Å²) in [5.74, 6) is -0.0623. The molecule has 1 aliphatic heterocycles. The van der Waals surface area contributed by atoms with Gasteiger partial charge in [-0.2, -0.15) is 0 Å². The van der Waals surface area contributed by atoms with Crippen molar-refractivity contribution in [2.75, 3.05) is 29.5 Å². The van der Waals surface area contributed by atoms with E-state index in [2.05, 4.69) is 0 Å². The SMILES string of the molecule is CC(C)(C)c1ccc(N2CCS(=O)(=O)CC2)c(F)c1. The Labute approximate surface area is 114 Å². The van der Waals surface area contributed by atoms with Crippen LogP contribution in [0.5, 0.6) is 0 Å². The van der Waals surface area contributed by atoms with Crippen LogP contribution in [0.1, 0.15) is 26.3 Å². The summed E-state index contributed by atoms with van der Waals surface area (Å²) in [6, 6.07) is 5.23. The lowest BCUT2D eigenvalue weighted by molar-refractivity contribution is 0.567. The van der Waals surface area contributed by atoms with Gasteiger partial charge in [0.2, 0.25) is 0 Å². The minimum Gasteiger partial charge on any atom is -0.367 e. The van der Waals surface area contributed by atoms with Crippen molar-refractivity contribution in [2.24, 2.45) is 0 Å². The molecule has 5 heteroatoms. The zero-order valence-corrected chi connectivity index (χ0v) is 12.4. The summed E-state index contributed by atoms with van der Waals surface area (Å²) >= 11 is 0. The van der Waals surface area contributed by atoms with Crippen LogP contribution < -0.4 is 4.90 Å². The summed E-state index contributed by atoms with van der Waals surface area (Å²) in [5, 5.41) is 0. The first-order chi connectivity index (χ1) is 8.69. The zero-order valence-electron chi connectivity index (χ0n) is 11.6. The number of anilines is 1. The molecule has 106 valence electrons. The van der Waals surface area contributed by atoms with Gasteiger partial charge in [-0.15, -0.1) is 0 Å². The first-order valence-corrected chi connectivity index (χ1v) is 8.27. The number of nitrogens with zero attached hydrogens (tertiary/aromatic N) is 1. The van der Waals surface area contributed by atoms with E-state index in [0.717, 1.165) is 5.56 Å². The van der Waals surface area contributed by atoms with Gasteiger partial charge in [0.05, 0.1) is 17.2 Å². The van der Waals surface area contributed by atoms with E-state index in [0.29, 0.717) is 18.8 Å². The van der Waals surface area contributed by atoms with Crippen LogP contribution in [0.2, 0.25) is 0 Å². The third-order valence-corrected chi connectivity index (χ3v) is 5.11. The zero-order chi connectivity index (χ0) is 14.3. The van der Waals surface area contributed by atoms with Crippen molar-refractivity contribution in [2.45, 2.75) is 26.2 Å². The van der Waals surface area contributed by atoms with Gasteiger partial charge in [0.25, 0.3) is 0 Å². The van der Waals surface area contributed by atoms with Gasteiger partial charge >= 0.3 is 0 Å². The van der Waals surface area contributed by atoms with Gasteiger partial charge in [0.1, 0.15) is 5.82 Å². The summed E-state index contributed by atoms with van der Waals surface area (Å²) < 4.78 is 36.9. The average Bonchev–Trinajstić information content (AvgIpc) is 2.28. The standard InChI is InChI=1S/C14H20FNO2S/c1-14(2,3)11-4-5-13(12(15)10-11)16-6-8-19(17,18)9-7-16/h4-5,10H,6-9H2,1-3H3. The second-order valence-corrected chi connectivity index (χ2v) is 8.36. The van der Waals surface area contributed by atoms with Crippen LogP contribution in [0, 0.1) is 5.82 Å². The van der Waals surface area contributed by atoms with Crippen LogP contribution in [-0.2, 0) is 15.3 Å². The number of benzene rings is 1. The molecule has 0 unspecified atom stereocenters. The minimum atomic E-state index is -2.93. The largest absolute Gasteiger partial charge is 0.367 e. The molecule has 0 saturated carbocycles. The third kappa shape index (κ3) is 3.26. The molecule has 1 aliphatic rings.